The first-order valence-electron chi connectivity index (χ1n) is 7.58. The summed E-state index contributed by atoms with van der Waals surface area (Å²) in [5.41, 5.74) is 7.02. The summed E-state index contributed by atoms with van der Waals surface area (Å²) < 4.78 is 0. The van der Waals surface area contributed by atoms with Gasteiger partial charge < -0.3 is 10.6 Å². The zero-order chi connectivity index (χ0) is 15.7. The summed E-state index contributed by atoms with van der Waals surface area (Å²) in [7, 11) is 0. The minimum Gasteiger partial charge on any atom is -0.371 e. The fraction of sp³-hybridized carbons (Fsp3) is 0.438. The molecule has 1 fully saturated rings. The summed E-state index contributed by atoms with van der Waals surface area (Å²) in [5, 5.41) is 12.7. The molecule has 1 aromatic carbocycles. The van der Waals surface area contributed by atoms with E-state index in [1.165, 1.54) is 0 Å². The van der Waals surface area contributed by atoms with Crippen LogP contribution in [0.3, 0.4) is 0 Å². The lowest BCUT2D eigenvalue weighted by Crippen LogP contribution is -2.42. The van der Waals surface area contributed by atoms with Gasteiger partial charge in [-0.05, 0) is 36.9 Å². The molecule has 0 radical (unpaired) electrons. The van der Waals surface area contributed by atoms with Crippen molar-refractivity contribution in [1.29, 1.82) is 0 Å². The molecule has 0 aliphatic carbocycles. The van der Waals surface area contributed by atoms with Crippen LogP contribution in [0.25, 0.3) is 10.8 Å². The summed E-state index contributed by atoms with van der Waals surface area (Å²) >= 11 is 0. The molecule has 2 aromatic rings. The summed E-state index contributed by atoms with van der Waals surface area (Å²) in [6.45, 7) is 4.76. The van der Waals surface area contributed by atoms with Crippen LogP contribution in [-0.2, 0) is 0 Å². The molecule has 22 heavy (non-hydrogen) atoms. The third-order valence-electron chi connectivity index (χ3n) is 4.73. The third-order valence-corrected chi connectivity index (χ3v) is 4.73. The van der Waals surface area contributed by atoms with Gasteiger partial charge in [0.05, 0.1) is 10.3 Å². The number of rotatable bonds is 3. The van der Waals surface area contributed by atoms with E-state index in [1.807, 2.05) is 12.1 Å². The van der Waals surface area contributed by atoms with E-state index in [1.54, 1.807) is 18.5 Å². The smallest absolute Gasteiger partial charge is 0.278 e. The quantitative estimate of drug-likeness (QED) is 0.695. The van der Waals surface area contributed by atoms with Crippen LogP contribution in [0.1, 0.15) is 13.3 Å². The number of nitro benzene ring substituents is 1. The van der Waals surface area contributed by atoms with E-state index >= 15 is 0 Å². The fourth-order valence-corrected chi connectivity index (χ4v) is 3.27. The molecule has 1 saturated heterocycles. The maximum absolute atomic E-state index is 11.2. The molecular formula is C16H20N4O2. The second-order valence-corrected chi connectivity index (χ2v) is 5.99. The molecule has 3 rings (SSSR count). The molecule has 6 heteroatoms. The first kappa shape index (κ1) is 14.7. The van der Waals surface area contributed by atoms with Gasteiger partial charge in [-0.2, -0.15) is 0 Å². The molecule has 1 aromatic heterocycles. The molecule has 2 unspecified atom stereocenters. The zero-order valence-corrected chi connectivity index (χ0v) is 12.6. The van der Waals surface area contributed by atoms with Crippen molar-refractivity contribution < 1.29 is 4.92 Å². The molecule has 0 bridgehead atoms. The second-order valence-electron chi connectivity index (χ2n) is 5.99. The summed E-state index contributed by atoms with van der Waals surface area (Å²) in [6, 6.07) is 5.28. The number of anilines is 1. The average molecular weight is 300 g/mol. The van der Waals surface area contributed by atoms with Gasteiger partial charge in [0, 0.05) is 42.6 Å². The van der Waals surface area contributed by atoms with Crippen molar-refractivity contribution in [2.24, 2.45) is 17.6 Å². The maximum Gasteiger partial charge on any atom is 0.278 e. The van der Waals surface area contributed by atoms with Gasteiger partial charge in [-0.25, -0.2) is 0 Å². The van der Waals surface area contributed by atoms with Crippen molar-refractivity contribution in [2.75, 3.05) is 24.5 Å². The van der Waals surface area contributed by atoms with Crippen LogP contribution in [0, 0.1) is 22.0 Å². The van der Waals surface area contributed by atoms with Gasteiger partial charge in [0.15, 0.2) is 0 Å². The Bertz CT molecular complexity index is 704. The van der Waals surface area contributed by atoms with Crippen LogP contribution >= 0.6 is 0 Å². The highest BCUT2D eigenvalue weighted by Gasteiger charge is 2.27. The number of benzene rings is 1. The molecule has 0 amide bonds. The van der Waals surface area contributed by atoms with Gasteiger partial charge >= 0.3 is 0 Å². The van der Waals surface area contributed by atoms with Gasteiger partial charge in [-0.15, -0.1) is 0 Å². The lowest BCUT2D eigenvalue weighted by Gasteiger charge is -2.38. The fourth-order valence-electron chi connectivity index (χ4n) is 3.27. The lowest BCUT2D eigenvalue weighted by atomic mass is 9.86. The van der Waals surface area contributed by atoms with Crippen molar-refractivity contribution in [2.45, 2.75) is 13.3 Å². The van der Waals surface area contributed by atoms with Gasteiger partial charge in [-0.3, -0.25) is 15.1 Å². The second kappa shape index (κ2) is 5.88. The summed E-state index contributed by atoms with van der Waals surface area (Å²) in [4.78, 5) is 17.2. The van der Waals surface area contributed by atoms with E-state index in [0.717, 1.165) is 30.6 Å². The number of hydrogen-bond acceptors (Lipinski definition) is 5. The lowest BCUT2D eigenvalue weighted by molar-refractivity contribution is -0.383. The molecule has 2 N–H and O–H groups in total. The van der Waals surface area contributed by atoms with Crippen molar-refractivity contribution in [1.82, 2.24) is 4.98 Å². The highest BCUT2D eigenvalue weighted by molar-refractivity contribution is 5.99. The Labute approximate surface area is 129 Å². The first-order valence-corrected chi connectivity index (χ1v) is 7.58. The number of non-ortho nitro benzene ring substituents is 1. The Balaban J connectivity index is 2.05. The van der Waals surface area contributed by atoms with Crippen LogP contribution in [0.2, 0.25) is 0 Å². The van der Waals surface area contributed by atoms with Gasteiger partial charge in [0.1, 0.15) is 0 Å². The Kier molecular flexibility index (Phi) is 3.94. The number of pyridine rings is 1. The molecular weight excluding hydrogens is 280 g/mol. The molecule has 1 aliphatic rings. The van der Waals surface area contributed by atoms with Crippen LogP contribution in [0.15, 0.2) is 30.6 Å². The summed E-state index contributed by atoms with van der Waals surface area (Å²) in [6.07, 6.45) is 4.35. The SMILES string of the molecule is CC1CCN(c2ccc([N+](=O)[O-])c3cnccc23)CC1CN. The highest BCUT2D eigenvalue weighted by atomic mass is 16.6. The van der Waals surface area contributed by atoms with Gasteiger partial charge in [0.25, 0.3) is 5.69 Å². The number of nitro groups is 1. The van der Waals surface area contributed by atoms with Crippen molar-refractivity contribution >= 4 is 22.1 Å². The number of aromatic nitrogens is 1. The van der Waals surface area contributed by atoms with Crippen molar-refractivity contribution in [3.8, 4) is 0 Å². The highest BCUT2D eigenvalue weighted by Crippen LogP contribution is 2.35. The molecule has 2 heterocycles. The largest absolute Gasteiger partial charge is 0.371 e. The molecule has 6 nitrogen and oxygen atoms in total. The van der Waals surface area contributed by atoms with Crippen molar-refractivity contribution in [3.05, 3.63) is 40.7 Å². The normalized spacial score (nSPS) is 22.0. The standard InChI is InChI=1S/C16H20N4O2/c1-11-5-7-19(10-12(11)8-17)15-2-3-16(20(21)22)14-9-18-6-4-13(14)15/h2-4,6,9,11-12H,5,7-8,10,17H2,1H3. The van der Waals surface area contributed by atoms with E-state index in [2.05, 4.69) is 16.8 Å². The number of nitrogens with two attached hydrogens (primary N) is 1. The predicted molar refractivity (Wildman–Crippen MR) is 86.9 cm³/mol. The van der Waals surface area contributed by atoms with Crippen LogP contribution in [-0.4, -0.2) is 29.5 Å². The Morgan fingerprint density at radius 3 is 2.95 bits per heavy atom. The van der Waals surface area contributed by atoms with Crippen LogP contribution < -0.4 is 10.6 Å². The molecule has 0 spiro atoms. The first-order chi connectivity index (χ1) is 10.6. The number of hydrogen-bond donors (Lipinski definition) is 1. The van der Waals surface area contributed by atoms with E-state index < -0.39 is 0 Å². The zero-order valence-electron chi connectivity index (χ0n) is 12.6. The number of piperidine rings is 1. The Morgan fingerprint density at radius 2 is 2.23 bits per heavy atom. The molecule has 0 saturated carbocycles. The van der Waals surface area contributed by atoms with E-state index in [-0.39, 0.29) is 10.6 Å². The number of fused-ring (bicyclic) bond motifs is 1. The third kappa shape index (κ3) is 2.50. The van der Waals surface area contributed by atoms with E-state index in [9.17, 15) is 10.1 Å². The van der Waals surface area contributed by atoms with Crippen LogP contribution in [0.5, 0.6) is 0 Å². The Hall–Kier alpha value is -2.21. The monoisotopic (exact) mass is 300 g/mol. The number of nitrogens with zero attached hydrogens (tertiary/aromatic N) is 3. The molecule has 1 aliphatic heterocycles. The average Bonchev–Trinajstić information content (AvgIpc) is 2.54. The Morgan fingerprint density at radius 1 is 1.41 bits per heavy atom. The van der Waals surface area contributed by atoms with Gasteiger partial charge in [-0.1, -0.05) is 6.92 Å². The predicted octanol–water partition coefficient (Wildman–Crippen LogP) is 2.56. The molecule has 116 valence electrons. The van der Waals surface area contributed by atoms with Crippen LogP contribution in [0.4, 0.5) is 11.4 Å². The topological polar surface area (TPSA) is 85.3 Å². The minimum atomic E-state index is -0.352. The van der Waals surface area contributed by atoms with E-state index in [4.69, 9.17) is 5.73 Å². The van der Waals surface area contributed by atoms with Gasteiger partial charge in [0.2, 0.25) is 0 Å². The minimum absolute atomic E-state index is 0.104. The molecule has 2 atom stereocenters. The summed E-state index contributed by atoms with van der Waals surface area (Å²) in [5.74, 6) is 1.08. The van der Waals surface area contributed by atoms with Crippen molar-refractivity contribution in [3.63, 3.8) is 0 Å². The van der Waals surface area contributed by atoms with E-state index in [0.29, 0.717) is 23.8 Å². The maximum atomic E-state index is 11.2.